The summed E-state index contributed by atoms with van der Waals surface area (Å²) in [4.78, 5) is 5.35. The van der Waals surface area contributed by atoms with Crippen molar-refractivity contribution in [2.75, 3.05) is 0 Å². The van der Waals surface area contributed by atoms with E-state index in [4.69, 9.17) is 4.84 Å². The van der Waals surface area contributed by atoms with E-state index in [0.29, 0.717) is 6.61 Å². The summed E-state index contributed by atoms with van der Waals surface area (Å²) in [6.07, 6.45) is 3.85. The van der Waals surface area contributed by atoms with Gasteiger partial charge >= 0.3 is 0 Å². The maximum Gasteiger partial charge on any atom is 0.142 e. The van der Waals surface area contributed by atoms with Crippen LogP contribution in [0.25, 0.3) is 0 Å². The third-order valence-electron chi connectivity index (χ3n) is 3.30. The van der Waals surface area contributed by atoms with E-state index in [9.17, 15) is 0 Å². The number of aryl methyl sites for hydroxylation is 2. The Morgan fingerprint density at radius 3 is 2.30 bits per heavy atom. The minimum atomic E-state index is 0.511. The third kappa shape index (κ3) is 4.23. The molecule has 0 spiro atoms. The minimum absolute atomic E-state index is 0.511. The number of oxime groups is 1. The third-order valence-corrected chi connectivity index (χ3v) is 3.30. The van der Waals surface area contributed by atoms with Gasteiger partial charge in [0.1, 0.15) is 6.61 Å². The van der Waals surface area contributed by atoms with Crippen molar-refractivity contribution in [3.05, 3.63) is 70.8 Å². The second-order valence-electron chi connectivity index (χ2n) is 4.78. The molecule has 0 bridgehead atoms. The van der Waals surface area contributed by atoms with Gasteiger partial charge in [-0.2, -0.15) is 0 Å². The van der Waals surface area contributed by atoms with Crippen LogP contribution in [0.2, 0.25) is 0 Å². The zero-order valence-corrected chi connectivity index (χ0v) is 12.2. The molecule has 0 radical (unpaired) electrons. The SMILES string of the molecule is CCc1ccc(C=NOCc2cccc(CC)c2)cc1. The predicted octanol–water partition coefficient (Wildman–Crippen LogP) is 4.36. The van der Waals surface area contributed by atoms with Crippen LogP contribution in [0, 0.1) is 0 Å². The second kappa shape index (κ2) is 7.49. The van der Waals surface area contributed by atoms with Crippen molar-refractivity contribution < 1.29 is 4.84 Å². The highest BCUT2D eigenvalue weighted by molar-refractivity contribution is 5.79. The van der Waals surface area contributed by atoms with Crippen LogP contribution in [0.15, 0.2) is 53.7 Å². The van der Waals surface area contributed by atoms with Crippen molar-refractivity contribution in [1.29, 1.82) is 0 Å². The smallest absolute Gasteiger partial charge is 0.142 e. The lowest BCUT2D eigenvalue weighted by Gasteiger charge is -2.02. The normalized spacial score (nSPS) is 10.9. The largest absolute Gasteiger partial charge is 0.391 e. The van der Waals surface area contributed by atoms with Gasteiger partial charge < -0.3 is 4.84 Å². The van der Waals surface area contributed by atoms with E-state index in [2.05, 4.69) is 67.5 Å². The number of hydrogen-bond acceptors (Lipinski definition) is 2. The van der Waals surface area contributed by atoms with E-state index >= 15 is 0 Å². The van der Waals surface area contributed by atoms with E-state index in [0.717, 1.165) is 24.0 Å². The molecule has 2 nitrogen and oxygen atoms in total. The molecule has 0 aliphatic rings. The van der Waals surface area contributed by atoms with Crippen molar-refractivity contribution in [1.82, 2.24) is 0 Å². The fourth-order valence-electron chi connectivity index (χ4n) is 1.99. The standard InChI is InChI=1S/C18H21NO/c1-3-15-8-10-17(11-9-15)13-19-20-14-18-7-5-6-16(4-2)12-18/h5-13H,3-4,14H2,1-2H3. The van der Waals surface area contributed by atoms with Gasteiger partial charge in [-0.05, 0) is 35.1 Å². The molecule has 2 heteroatoms. The Morgan fingerprint density at radius 2 is 1.60 bits per heavy atom. The summed E-state index contributed by atoms with van der Waals surface area (Å²) < 4.78 is 0. The molecule has 0 N–H and O–H groups in total. The van der Waals surface area contributed by atoms with Gasteiger partial charge in [0.2, 0.25) is 0 Å². The molecular formula is C18H21NO. The van der Waals surface area contributed by atoms with E-state index in [1.54, 1.807) is 6.21 Å². The summed E-state index contributed by atoms with van der Waals surface area (Å²) in [5, 5.41) is 4.02. The van der Waals surface area contributed by atoms with Gasteiger partial charge in [-0.15, -0.1) is 0 Å². The zero-order valence-electron chi connectivity index (χ0n) is 12.2. The molecular weight excluding hydrogens is 246 g/mol. The van der Waals surface area contributed by atoms with Gasteiger partial charge in [0.15, 0.2) is 0 Å². The summed E-state index contributed by atoms with van der Waals surface area (Å²) in [5.74, 6) is 0. The van der Waals surface area contributed by atoms with Crippen LogP contribution in [-0.4, -0.2) is 6.21 Å². The number of benzene rings is 2. The zero-order chi connectivity index (χ0) is 14.2. The molecule has 0 aliphatic heterocycles. The summed E-state index contributed by atoms with van der Waals surface area (Å²) >= 11 is 0. The first-order valence-corrected chi connectivity index (χ1v) is 7.14. The Balaban J connectivity index is 1.86. The Kier molecular flexibility index (Phi) is 5.36. The van der Waals surface area contributed by atoms with Crippen molar-refractivity contribution in [2.45, 2.75) is 33.3 Å². The molecule has 0 fully saturated rings. The predicted molar refractivity (Wildman–Crippen MR) is 84.0 cm³/mol. The Morgan fingerprint density at radius 1 is 0.900 bits per heavy atom. The fraction of sp³-hybridized carbons (Fsp3) is 0.278. The van der Waals surface area contributed by atoms with Gasteiger partial charge in [0.05, 0.1) is 6.21 Å². The van der Waals surface area contributed by atoms with Gasteiger partial charge in [-0.1, -0.05) is 67.5 Å². The summed E-state index contributed by atoms with van der Waals surface area (Å²) in [6, 6.07) is 16.8. The Bertz CT molecular complexity index is 558. The maximum atomic E-state index is 5.35. The van der Waals surface area contributed by atoms with E-state index in [1.165, 1.54) is 11.1 Å². The molecule has 20 heavy (non-hydrogen) atoms. The van der Waals surface area contributed by atoms with Crippen molar-refractivity contribution in [3.63, 3.8) is 0 Å². The maximum absolute atomic E-state index is 5.35. The number of hydrogen-bond donors (Lipinski definition) is 0. The van der Waals surface area contributed by atoms with E-state index in [1.807, 2.05) is 0 Å². The monoisotopic (exact) mass is 267 g/mol. The first kappa shape index (κ1) is 14.3. The Hall–Kier alpha value is -2.09. The molecule has 2 aromatic carbocycles. The summed E-state index contributed by atoms with van der Waals surface area (Å²) in [6.45, 7) is 4.81. The average Bonchev–Trinajstić information content (AvgIpc) is 2.52. The van der Waals surface area contributed by atoms with Gasteiger partial charge in [-0.3, -0.25) is 0 Å². The molecule has 104 valence electrons. The number of nitrogens with zero attached hydrogens (tertiary/aromatic N) is 1. The molecule has 0 saturated carbocycles. The van der Waals surface area contributed by atoms with Crippen LogP contribution in [0.1, 0.15) is 36.1 Å². The van der Waals surface area contributed by atoms with Crippen LogP contribution < -0.4 is 0 Å². The van der Waals surface area contributed by atoms with Crippen LogP contribution >= 0.6 is 0 Å². The highest BCUT2D eigenvalue weighted by Crippen LogP contribution is 2.07. The van der Waals surface area contributed by atoms with Crippen LogP contribution in [-0.2, 0) is 24.3 Å². The van der Waals surface area contributed by atoms with Crippen LogP contribution in [0.3, 0.4) is 0 Å². The van der Waals surface area contributed by atoms with E-state index in [-0.39, 0.29) is 0 Å². The van der Waals surface area contributed by atoms with Crippen molar-refractivity contribution >= 4 is 6.21 Å². The first-order valence-electron chi connectivity index (χ1n) is 7.14. The minimum Gasteiger partial charge on any atom is -0.391 e. The van der Waals surface area contributed by atoms with Crippen molar-refractivity contribution in [3.8, 4) is 0 Å². The summed E-state index contributed by atoms with van der Waals surface area (Å²) in [7, 11) is 0. The first-order chi connectivity index (χ1) is 9.81. The summed E-state index contributed by atoms with van der Waals surface area (Å²) in [5.41, 5.74) is 4.87. The van der Waals surface area contributed by atoms with Crippen LogP contribution in [0.5, 0.6) is 0 Å². The highest BCUT2D eigenvalue weighted by atomic mass is 16.6. The van der Waals surface area contributed by atoms with Gasteiger partial charge in [0.25, 0.3) is 0 Å². The average molecular weight is 267 g/mol. The van der Waals surface area contributed by atoms with Crippen LogP contribution in [0.4, 0.5) is 0 Å². The highest BCUT2D eigenvalue weighted by Gasteiger charge is 1.95. The topological polar surface area (TPSA) is 21.6 Å². The molecule has 2 aromatic rings. The molecule has 0 atom stereocenters. The molecule has 0 aliphatic carbocycles. The number of rotatable bonds is 6. The Labute approximate surface area is 121 Å². The quantitative estimate of drug-likeness (QED) is 0.563. The lowest BCUT2D eigenvalue weighted by molar-refractivity contribution is 0.132. The lowest BCUT2D eigenvalue weighted by atomic mass is 10.1. The molecule has 0 aromatic heterocycles. The van der Waals surface area contributed by atoms with E-state index < -0.39 is 0 Å². The van der Waals surface area contributed by atoms with Gasteiger partial charge in [0, 0.05) is 0 Å². The van der Waals surface area contributed by atoms with Gasteiger partial charge in [-0.25, -0.2) is 0 Å². The van der Waals surface area contributed by atoms with Crippen molar-refractivity contribution in [2.24, 2.45) is 5.16 Å². The molecule has 0 unspecified atom stereocenters. The molecule has 0 saturated heterocycles. The lowest BCUT2D eigenvalue weighted by Crippen LogP contribution is -1.90. The second-order valence-corrected chi connectivity index (χ2v) is 4.78. The molecule has 0 amide bonds. The molecule has 2 rings (SSSR count). The fourth-order valence-corrected chi connectivity index (χ4v) is 1.99. The molecule has 0 heterocycles.